The molecule has 0 amide bonds. The number of aliphatic hydroxyl groups excluding tert-OH is 1. The molecule has 5 nitrogen and oxygen atoms in total. The van der Waals surface area contributed by atoms with E-state index < -0.39 is 5.82 Å². The second-order valence-electron chi connectivity index (χ2n) is 5.11. The Balaban J connectivity index is 2.23. The molecule has 1 heterocycles. The molecular formula is C15H21FN4O. The zero-order chi connectivity index (χ0) is 15.2. The van der Waals surface area contributed by atoms with Gasteiger partial charge in [-0.15, -0.1) is 0 Å². The lowest BCUT2D eigenvalue weighted by Crippen LogP contribution is -2.17. The summed E-state index contributed by atoms with van der Waals surface area (Å²) in [5.74, 6) is 0.519. The van der Waals surface area contributed by atoms with Crippen LogP contribution in [0.25, 0.3) is 10.9 Å². The Labute approximate surface area is 123 Å². The van der Waals surface area contributed by atoms with Crippen molar-refractivity contribution in [1.82, 2.24) is 9.97 Å². The summed E-state index contributed by atoms with van der Waals surface area (Å²) in [6.07, 6.45) is 2.79. The minimum absolute atomic E-state index is 0.0456. The summed E-state index contributed by atoms with van der Waals surface area (Å²) in [6.45, 7) is 2.93. The standard InChI is InChI=1S/C15H21FN4O/c1-2-4-10(7-8-21)9-18-14-11-5-3-6-12(16)13(11)19-15(17)20-14/h3,5-6,10,21H,2,4,7-9H2,1H3,(H3,17,18,19,20)/t10-/m0/s1. The third-order valence-electron chi connectivity index (χ3n) is 3.49. The summed E-state index contributed by atoms with van der Waals surface area (Å²) in [4.78, 5) is 8.11. The van der Waals surface area contributed by atoms with Crippen LogP contribution in [0.15, 0.2) is 18.2 Å². The number of hydrogen-bond donors (Lipinski definition) is 3. The van der Waals surface area contributed by atoms with E-state index in [0.29, 0.717) is 23.7 Å². The van der Waals surface area contributed by atoms with E-state index in [1.54, 1.807) is 12.1 Å². The van der Waals surface area contributed by atoms with Crippen molar-refractivity contribution in [1.29, 1.82) is 0 Å². The first-order valence-corrected chi connectivity index (χ1v) is 7.22. The fraction of sp³-hybridized carbons (Fsp3) is 0.467. The number of halogens is 1. The summed E-state index contributed by atoms with van der Waals surface area (Å²) in [6, 6.07) is 4.74. The van der Waals surface area contributed by atoms with E-state index in [1.165, 1.54) is 6.07 Å². The number of fused-ring (bicyclic) bond motifs is 1. The molecule has 2 rings (SSSR count). The molecule has 0 saturated carbocycles. The zero-order valence-corrected chi connectivity index (χ0v) is 12.1. The molecule has 0 bridgehead atoms. The van der Waals surface area contributed by atoms with E-state index in [2.05, 4.69) is 22.2 Å². The maximum absolute atomic E-state index is 13.8. The van der Waals surface area contributed by atoms with Crippen molar-refractivity contribution in [2.24, 2.45) is 5.92 Å². The maximum atomic E-state index is 13.8. The number of rotatable bonds is 7. The van der Waals surface area contributed by atoms with Crippen LogP contribution in [0.1, 0.15) is 26.2 Å². The van der Waals surface area contributed by atoms with Gasteiger partial charge in [0.05, 0.1) is 0 Å². The molecule has 0 fully saturated rings. The number of anilines is 2. The Morgan fingerprint density at radius 2 is 2.14 bits per heavy atom. The van der Waals surface area contributed by atoms with Gasteiger partial charge in [0.2, 0.25) is 5.95 Å². The van der Waals surface area contributed by atoms with Crippen molar-refractivity contribution in [3.8, 4) is 0 Å². The number of benzene rings is 1. The largest absolute Gasteiger partial charge is 0.396 e. The van der Waals surface area contributed by atoms with Crippen molar-refractivity contribution in [2.75, 3.05) is 24.2 Å². The molecule has 2 aromatic rings. The monoisotopic (exact) mass is 292 g/mol. The van der Waals surface area contributed by atoms with E-state index >= 15 is 0 Å². The highest BCUT2D eigenvalue weighted by Gasteiger charge is 2.12. The van der Waals surface area contributed by atoms with E-state index in [4.69, 9.17) is 10.8 Å². The summed E-state index contributed by atoms with van der Waals surface area (Å²) in [7, 11) is 0. The van der Waals surface area contributed by atoms with Crippen molar-refractivity contribution in [3.05, 3.63) is 24.0 Å². The SMILES string of the molecule is CCC[C@@H](CCO)CNc1nc(N)nc2c(F)cccc12. The number of aromatic nitrogens is 2. The lowest BCUT2D eigenvalue weighted by atomic mass is 10.0. The van der Waals surface area contributed by atoms with Gasteiger partial charge < -0.3 is 16.2 Å². The Morgan fingerprint density at radius 1 is 1.33 bits per heavy atom. The summed E-state index contributed by atoms with van der Waals surface area (Å²) >= 11 is 0. The minimum atomic E-state index is -0.412. The second kappa shape index (κ2) is 7.17. The van der Waals surface area contributed by atoms with Crippen molar-refractivity contribution in [3.63, 3.8) is 0 Å². The second-order valence-corrected chi connectivity index (χ2v) is 5.11. The average Bonchev–Trinajstić information content (AvgIpc) is 2.46. The van der Waals surface area contributed by atoms with Gasteiger partial charge in [0.15, 0.2) is 0 Å². The van der Waals surface area contributed by atoms with E-state index in [-0.39, 0.29) is 18.1 Å². The van der Waals surface area contributed by atoms with Crippen LogP contribution in [0.5, 0.6) is 0 Å². The van der Waals surface area contributed by atoms with Crippen LogP contribution in [0.2, 0.25) is 0 Å². The predicted molar refractivity (Wildman–Crippen MR) is 82.5 cm³/mol. The van der Waals surface area contributed by atoms with E-state index in [1.807, 2.05) is 0 Å². The van der Waals surface area contributed by atoms with Crippen LogP contribution in [0.4, 0.5) is 16.2 Å². The van der Waals surface area contributed by atoms with Gasteiger partial charge in [-0.2, -0.15) is 4.98 Å². The number of nitrogen functional groups attached to an aromatic ring is 1. The van der Waals surface area contributed by atoms with Gasteiger partial charge in [0, 0.05) is 18.5 Å². The highest BCUT2D eigenvalue weighted by molar-refractivity contribution is 5.90. The molecule has 0 saturated heterocycles. The summed E-state index contributed by atoms with van der Waals surface area (Å²) < 4.78 is 13.8. The highest BCUT2D eigenvalue weighted by Crippen LogP contribution is 2.24. The highest BCUT2D eigenvalue weighted by atomic mass is 19.1. The van der Waals surface area contributed by atoms with Gasteiger partial charge in [-0.1, -0.05) is 19.4 Å². The number of nitrogens with one attached hydrogen (secondary N) is 1. The fourth-order valence-electron chi connectivity index (χ4n) is 2.45. The Hall–Kier alpha value is -1.95. The van der Waals surface area contributed by atoms with Gasteiger partial charge in [-0.25, -0.2) is 9.37 Å². The number of hydrogen-bond acceptors (Lipinski definition) is 5. The molecule has 0 aliphatic heterocycles. The average molecular weight is 292 g/mol. The third-order valence-corrected chi connectivity index (χ3v) is 3.49. The fourth-order valence-corrected chi connectivity index (χ4v) is 2.45. The van der Waals surface area contributed by atoms with Crippen LogP contribution < -0.4 is 11.1 Å². The Bertz CT molecular complexity index is 599. The van der Waals surface area contributed by atoms with Gasteiger partial charge in [-0.05, 0) is 30.9 Å². The van der Waals surface area contributed by atoms with Crippen LogP contribution in [0.3, 0.4) is 0 Å². The molecule has 6 heteroatoms. The lowest BCUT2D eigenvalue weighted by Gasteiger charge is -2.17. The Morgan fingerprint density at radius 3 is 2.86 bits per heavy atom. The number of para-hydroxylation sites is 1. The zero-order valence-electron chi connectivity index (χ0n) is 12.1. The molecule has 1 atom stereocenters. The van der Waals surface area contributed by atoms with E-state index in [0.717, 1.165) is 19.3 Å². The maximum Gasteiger partial charge on any atom is 0.222 e. The minimum Gasteiger partial charge on any atom is -0.396 e. The third kappa shape index (κ3) is 3.78. The number of nitrogens with zero attached hydrogens (tertiary/aromatic N) is 2. The molecule has 0 radical (unpaired) electrons. The molecule has 0 aliphatic rings. The topological polar surface area (TPSA) is 84.1 Å². The molecule has 114 valence electrons. The number of nitrogens with two attached hydrogens (primary N) is 1. The molecule has 21 heavy (non-hydrogen) atoms. The Kier molecular flexibility index (Phi) is 5.27. The van der Waals surface area contributed by atoms with Crippen LogP contribution in [-0.2, 0) is 0 Å². The van der Waals surface area contributed by atoms with Gasteiger partial charge in [0.1, 0.15) is 17.2 Å². The van der Waals surface area contributed by atoms with Gasteiger partial charge in [-0.3, -0.25) is 0 Å². The summed E-state index contributed by atoms with van der Waals surface area (Å²) in [5.41, 5.74) is 5.87. The van der Waals surface area contributed by atoms with Crippen molar-refractivity contribution < 1.29 is 9.50 Å². The first-order chi connectivity index (χ1) is 10.2. The normalized spacial score (nSPS) is 12.5. The molecule has 0 unspecified atom stereocenters. The van der Waals surface area contributed by atoms with Gasteiger partial charge in [0.25, 0.3) is 0 Å². The first kappa shape index (κ1) is 15.4. The van der Waals surface area contributed by atoms with Gasteiger partial charge >= 0.3 is 0 Å². The first-order valence-electron chi connectivity index (χ1n) is 7.22. The van der Waals surface area contributed by atoms with Crippen LogP contribution in [-0.4, -0.2) is 28.2 Å². The van der Waals surface area contributed by atoms with Crippen LogP contribution >= 0.6 is 0 Å². The predicted octanol–water partition coefficient (Wildman–Crippen LogP) is 2.56. The number of aliphatic hydroxyl groups is 1. The molecular weight excluding hydrogens is 271 g/mol. The molecule has 4 N–H and O–H groups in total. The van der Waals surface area contributed by atoms with Crippen LogP contribution in [0, 0.1) is 11.7 Å². The summed E-state index contributed by atoms with van der Waals surface area (Å²) in [5, 5.41) is 12.9. The quantitative estimate of drug-likeness (QED) is 0.730. The van der Waals surface area contributed by atoms with Crippen molar-refractivity contribution >= 4 is 22.7 Å². The molecule has 1 aromatic heterocycles. The molecule has 0 spiro atoms. The van der Waals surface area contributed by atoms with E-state index in [9.17, 15) is 4.39 Å². The lowest BCUT2D eigenvalue weighted by molar-refractivity contribution is 0.255. The molecule has 1 aromatic carbocycles. The smallest absolute Gasteiger partial charge is 0.222 e. The molecule has 0 aliphatic carbocycles. The van der Waals surface area contributed by atoms with Crippen molar-refractivity contribution in [2.45, 2.75) is 26.2 Å².